The first-order valence-electron chi connectivity index (χ1n) is 4.30. The molecule has 14 N–H and O–H groups in total. The number of aliphatic hydroxyl groups excluding tert-OH is 4. The van der Waals surface area contributed by atoms with Crippen LogP contribution in [0.25, 0.3) is 0 Å². The summed E-state index contributed by atoms with van der Waals surface area (Å²) in [7, 11) is -4.91. The molecule has 1 heterocycles. The van der Waals surface area contributed by atoms with Crippen LogP contribution in [0.4, 0.5) is 0 Å². The lowest BCUT2D eigenvalue weighted by Gasteiger charge is -2.39. The second kappa shape index (κ2) is 10.5. The summed E-state index contributed by atoms with van der Waals surface area (Å²) in [5, 5.41) is 36.6. The number of aliphatic hydroxyl groups is 4. The van der Waals surface area contributed by atoms with E-state index in [1.54, 1.807) is 0 Å². The SMILES string of the molecule is O.O.O.O.O=P(O)(O)O[C@H]1O[C@H](CO)[C@@H](O)[C@H](O)[C@H]1O. The minimum atomic E-state index is -4.91. The zero-order chi connectivity index (χ0) is 12.5. The van der Waals surface area contributed by atoms with Crippen LogP contribution in [0.2, 0.25) is 0 Å². The monoisotopic (exact) mass is 332 g/mol. The third kappa shape index (κ3) is 6.96. The van der Waals surface area contributed by atoms with Crippen molar-refractivity contribution in [3.05, 3.63) is 0 Å². The number of hydrogen-bond donors (Lipinski definition) is 6. The van der Waals surface area contributed by atoms with E-state index in [9.17, 15) is 19.9 Å². The molecule has 0 aromatic heterocycles. The summed E-state index contributed by atoms with van der Waals surface area (Å²) >= 11 is 0. The Balaban J connectivity index is -0.000000320. The summed E-state index contributed by atoms with van der Waals surface area (Å²) in [4.78, 5) is 17.0. The second-order valence-electron chi connectivity index (χ2n) is 3.29. The molecule has 14 heteroatoms. The maximum absolute atomic E-state index is 10.5. The Morgan fingerprint density at radius 1 is 0.950 bits per heavy atom. The van der Waals surface area contributed by atoms with Gasteiger partial charge < -0.3 is 56.9 Å². The van der Waals surface area contributed by atoms with Gasteiger partial charge >= 0.3 is 7.82 Å². The normalized spacial score (nSPS) is 32.8. The predicted octanol–water partition coefficient (Wildman–Crippen LogP) is -6.40. The second-order valence-corrected chi connectivity index (χ2v) is 4.49. The van der Waals surface area contributed by atoms with Gasteiger partial charge in [-0.2, -0.15) is 0 Å². The molecule has 1 aliphatic rings. The fourth-order valence-electron chi connectivity index (χ4n) is 1.29. The van der Waals surface area contributed by atoms with E-state index in [4.69, 9.17) is 14.9 Å². The number of hydrogen-bond acceptors (Lipinski definition) is 7. The van der Waals surface area contributed by atoms with Gasteiger partial charge in [0.1, 0.15) is 24.4 Å². The average molecular weight is 332 g/mol. The topological polar surface area (TPSA) is 283 Å². The van der Waals surface area contributed by atoms with E-state index in [1.165, 1.54) is 0 Å². The van der Waals surface area contributed by atoms with Gasteiger partial charge in [-0.15, -0.1) is 0 Å². The molecule has 1 saturated heterocycles. The van der Waals surface area contributed by atoms with Gasteiger partial charge in [0.15, 0.2) is 6.29 Å². The Morgan fingerprint density at radius 3 is 1.75 bits per heavy atom. The van der Waals surface area contributed by atoms with Crippen LogP contribution in [-0.2, 0) is 13.8 Å². The number of phosphoric acid groups is 1. The minimum absolute atomic E-state index is 0. The van der Waals surface area contributed by atoms with Gasteiger partial charge in [-0.1, -0.05) is 0 Å². The lowest BCUT2D eigenvalue weighted by atomic mass is 10.00. The maximum Gasteiger partial charge on any atom is 0.472 e. The van der Waals surface area contributed by atoms with Gasteiger partial charge in [0.05, 0.1) is 6.61 Å². The van der Waals surface area contributed by atoms with Crippen LogP contribution in [0.15, 0.2) is 0 Å². The standard InChI is InChI=1S/C6H13O9P.4H2O/c7-1-2-3(8)4(9)5(10)6(14-2)15-16(11,12)13;;;;/h2-10H,1H2,(H2,11,12,13);4*1H2/t2-,3-,4+,5-,6-;;;;/m1..../s1. The summed E-state index contributed by atoms with van der Waals surface area (Å²) < 4.78 is 19.2. The molecule has 0 saturated carbocycles. The van der Waals surface area contributed by atoms with E-state index in [-0.39, 0.29) is 21.9 Å². The molecule has 1 rings (SSSR count). The van der Waals surface area contributed by atoms with Crippen molar-refractivity contribution >= 4 is 7.82 Å². The van der Waals surface area contributed by atoms with E-state index in [0.717, 1.165) is 0 Å². The molecular formula is C6H21O13P. The van der Waals surface area contributed by atoms with Crippen LogP contribution in [0.1, 0.15) is 0 Å². The molecule has 5 atom stereocenters. The molecule has 0 bridgehead atoms. The zero-order valence-corrected chi connectivity index (χ0v) is 10.8. The third-order valence-electron chi connectivity index (χ3n) is 2.09. The summed E-state index contributed by atoms with van der Waals surface area (Å²) in [5.74, 6) is 0. The Hall–Kier alpha value is -0.250. The van der Waals surface area contributed by atoms with E-state index >= 15 is 0 Å². The molecule has 0 unspecified atom stereocenters. The van der Waals surface area contributed by atoms with E-state index < -0.39 is 45.1 Å². The van der Waals surface area contributed by atoms with Crippen LogP contribution in [0.3, 0.4) is 0 Å². The maximum atomic E-state index is 10.5. The van der Waals surface area contributed by atoms with Crippen molar-refractivity contribution in [1.82, 2.24) is 0 Å². The van der Waals surface area contributed by atoms with Crippen molar-refractivity contribution in [2.75, 3.05) is 6.61 Å². The smallest absolute Gasteiger partial charge is 0.412 e. The molecule has 0 aromatic carbocycles. The minimum Gasteiger partial charge on any atom is -0.412 e. The highest BCUT2D eigenvalue weighted by atomic mass is 31.2. The van der Waals surface area contributed by atoms with Crippen molar-refractivity contribution in [3.8, 4) is 0 Å². The molecule has 13 nitrogen and oxygen atoms in total. The highest BCUT2D eigenvalue weighted by Crippen LogP contribution is 2.40. The zero-order valence-electron chi connectivity index (χ0n) is 9.95. The number of rotatable bonds is 3. The van der Waals surface area contributed by atoms with E-state index in [2.05, 4.69) is 9.26 Å². The van der Waals surface area contributed by atoms with Gasteiger partial charge in [-0.05, 0) is 0 Å². The van der Waals surface area contributed by atoms with Gasteiger partial charge in [-0.3, -0.25) is 4.52 Å². The van der Waals surface area contributed by atoms with Crippen molar-refractivity contribution in [3.63, 3.8) is 0 Å². The number of ether oxygens (including phenoxy) is 1. The Kier molecular flexibility index (Phi) is 14.7. The van der Waals surface area contributed by atoms with Crippen molar-refractivity contribution in [1.29, 1.82) is 0 Å². The Labute approximate surface area is 112 Å². The first kappa shape index (κ1) is 28.0. The highest BCUT2D eigenvalue weighted by molar-refractivity contribution is 7.46. The lowest BCUT2D eigenvalue weighted by molar-refractivity contribution is -0.280. The highest BCUT2D eigenvalue weighted by Gasteiger charge is 2.46. The fraction of sp³-hybridized carbons (Fsp3) is 1.00. The van der Waals surface area contributed by atoms with Gasteiger partial charge in [-0.25, -0.2) is 4.57 Å². The van der Waals surface area contributed by atoms with Crippen LogP contribution in [0.5, 0.6) is 0 Å². The summed E-state index contributed by atoms with van der Waals surface area (Å²) in [6.07, 6.45) is -8.25. The first-order chi connectivity index (χ1) is 7.26. The van der Waals surface area contributed by atoms with Gasteiger partial charge in [0, 0.05) is 0 Å². The molecule has 0 spiro atoms. The predicted molar refractivity (Wildman–Crippen MR) is 61.4 cm³/mol. The molecule has 0 aliphatic carbocycles. The van der Waals surface area contributed by atoms with Gasteiger partial charge in [0.2, 0.25) is 0 Å². The first-order valence-corrected chi connectivity index (χ1v) is 5.83. The summed E-state index contributed by atoms with van der Waals surface area (Å²) in [6.45, 7) is -0.702. The Morgan fingerprint density at radius 2 is 1.40 bits per heavy atom. The number of phosphoric ester groups is 1. The van der Waals surface area contributed by atoms with Crippen LogP contribution < -0.4 is 0 Å². The van der Waals surface area contributed by atoms with E-state index in [0.29, 0.717) is 0 Å². The summed E-state index contributed by atoms with van der Waals surface area (Å²) in [5.41, 5.74) is 0. The van der Waals surface area contributed by atoms with Crippen LogP contribution >= 0.6 is 7.82 Å². The fourth-order valence-corrected chi connectivity index (χ4v) is 1.73. The molecule has 0 radical (unpaired) electrons. The van der Waals surface area contributed by atoms with E-state index in [1.807, 2.05) is 0 Å². The molecule has 1 aliphatic heterocycles. The molecular weight excluding hydrogens is 311 g/mol. The third-order valence-corrected chi connectivity index (χ3v) is 2.57. The molecule has 0 aromatic rings. The quantitative estimate of drug-likeness (QED) is 0.267. The molecule has 1 fully saturated rings. The largest absolute Gasteiger partial charge is 0.472 e. The van der Waals surface area contributed by atoms with Gasteiger partial charge in [0.25, 0.3) is 0 Å². The average Bonchev–Trinajstić information content (AvgIpc) is 2.17. The lowest BCUT2D eigenvalue weighted by Crippen LogP contribution is -2.58. The molecule has 0 amide bonds. The van der Waals surface area contributed by atoms with Crippen LogP contribution in [-0.4, -0.2) is 89.4 Å². The van der Waals surface area contributed by atoms with Crippen molar-refractivity contribution < 1.29 is 65.9 Å². The van der Waals surface area contributed by atoms with Crippen LogP contribution in [0, 0.1) is 0 Å². The molecule has 20 heavy (non-hydrogen) atoms. The molecule has 128 valence electrons. The summed E-state index contributed by atoms with van der Waals surface area (Å²) in [6, 6.07) is 0. The Bertz CT molecular complexity index is 278. The van der Waals surface area contributed by atoms with Crippen molar-refractivity contribution in [2.24, 2.45) is 0 Å². The van der Waals surface area contributed by atoms with Crippen molar-refractivity contribution in [2.45, 2.75) is 30.7 Å².